The van der Waals surface area contributed by atoms with Gasteiger partial charge in [0.15, 0.2) is 0 Å². The average molecular weight is 302 g/mol. The van der Waals surface area contributed by atoms with E-state index in [9.17, 15) is 9.59 Å². The van der Waals surface area contributed by atoms with Gasteiger partial charge >= 0.3 is 0 Å². The lowest BCUT2D eigenvalue weighted by atomic mass is 9.96. The van der Waals surface area contributed by atoms with Crippen LogP contribution < -0.4 is 4.90 Å². The summed E-state index contributed by atoms with van der Waals surface area (Å²) in [5, 5.41) is 0. The molecular formula is C18H26N2O2. The lowest BCUT2D eigenvalue weighted by Crippen LogP contribution is -2.48. The minimum absolute atomic E-state index is 0.000192. The lowest BCUT2D eigenvalue weighted by Gasteiger charge is -2.39. The van der Waals surface area contributed by atoms with E-state index in [2.05, 4.69) is 13.8 Å². The molecule has 120 valence electrons. The molecule has 4 heteroatoms. The third kappa shape index (κ3) is 3.67. The number of carbonyl (C=O) groups excluding carboxylic acids is 2. The van der Waals surface area contributed by atoms with Gasteiger partial charge in [0.05, 0.1) is 6.42 Å². The first-order valence-corrected chi connectivity index (χ1v) is 8.04. The van der Waals surface area contributed by atoms with Gasteiger partial charge in [0.1, 0.15) is 0 Å². The van der Waals surface area contributed by atoms with Crippen LogP contribution >= 0.6 is 0 Å². The summed E-state index contributed by atoms with van der Waals surface area (Å²) in [6.07, 6.45) is 3.83. The molecule has 0 N–H and O–H groups in total. The second kappa shape index (κ2) is 6.95. The highest BCUT2D eigenvalue weighted by molar-refractivity contribution is 5.90. The van der Waals surface area contributed by atoms with E-state index in [4.69, 9.17) is 0 Å². The number of benzene rings is 1. The van der Waals surface area contributed by atoms with Gasteiger partial charge in [0, 0.05) is 31.7 Å². The third-order valence-electron chi connectivity index (χ3n) is 4.63. The van der Waals surface area contributed by atoms with E-state index in [-0.39, 0.29) is 11.8 Å². The number of hydrogen-bond acceptors (Lipinski definition) is 2. The van der Waals surface area contributed by atoms with E-state index in [1.54, 1.807) is 11.9 Å². The van der Waals surface area contributed by atoms with Crippen molar-refractivity contribution in [3.8, 4) is 0 Å². The summed E-state index contributed by atoms with van der Waals surface area (Å²) >= 11 is 0. The van der Waals surface area contributed by atoms with Crippen LogP contribution in [0.5, 0.6) is 0 Å². The Morgan fingerprint density at radius 1 is 1.14 bits per heavy atom. The van der Waals surface area contributed by atoms with Crippen LogP contribution in [-0.4, -0.2) is 35.8 Å². The van der Waals surface area contributed by atoms with Gasteiger partial charge < -0.3 is 9.80 Å². The monoisotopic (exact) mass is 302 g/mol. The molecule has 1 aromatic carbocycles. The first kappa shape index (κ1) is 16.5. The van der Waals surface area contributed by atoms with Crippen molar-refractivity contribution in [1.82, 2.24) is 4.90 Å². The molecule has 2 rings (SSSR count). The maximum atomic E-state index is 12.6. The summed E-state index contributed by atoms with van der Waals surface area (Å²) in [7, 11) is 1.75. The number of rotatable bonds is 3. The van der Waals surface area contributed by atoms with Crippen molar-refractivity contribution in [2.75, 3.05) is 11.9 Å². The molecule has 1 fully saturated rings. The van der Waals surface area contributed by atoms with Gasteiger partial charge in [-0.15, -0.1) is 0 Å². The molecule has 0 aromatic heterocycles. The minimum atomic E-state index is -0.000192. The average Bonchev–Trinajstić information content (AvgIpc) is 2.47. The maximum Gasteiger partial charge on any atom is 0.227 e. The molecule has 22 heavy (non-hydrogen) atoms. The molecule has 1 saturated heterocycles. The third-order valence-corrected chi connectivity index (χ3v) is 4.63. The van der Waals surface area contributed by atoms with E-state index in [1.165, 1.54) is 13.3 Å². The molecule has 1 aromatic rings. The largest absolute Gasteiger partial charge is 0.337 e. The zero-order valence-electron chi connectivity index (χ0n) is 14.0. The second-order valence-corrected chi connectivity index (χ2v) is 6.35. The highest BCUT2D eigenvalue weighted by Gasteiger charge is 2.28. The highest BCUT2D eigenvalue weighted by atomic mass is 16.2. The van der Waals surface area contributed by atoms with E-state index in [1.807, 2.05) is 29.2 Å². The summed E-state index contributed by atoms with van der Waals surface area (Å²) in [4.78, 5) is 27.6. The number of carbonyl (C=O) groups is 2. The van der Waals surface area contributed by atoms with Crippen LogP contribution in [-0.2, 0) is 16.0 Å². The zero-order valence-corrected chi connectivity index (χ0v) is 14.0. The Morgan fingerprint density at radius 3 is 2.18 bits per heavy atom. The van der Waals surface area contributed by atoms with Crippen LogP contribution in [0.3, 0.4) is 0 Å². The number of nitrogens with zero attached hydrogens (tertiary/aromatic N) is 2. The van der Waals surface area contributed by atoms with Gasteiger partial charge in [-0.2, -0.15) is 0 Å². The Hall–Kier alpha value is -1.84. The Morgan fingerprint density at radius 2 is 1.68 bits per heavy atom. The molecule has 0 spiro atoms. The van der Waals surface area contributed by atoms with Gasteiger partial charge in [0.25, 0.3) is 0 Å². The highest BCUT2D eigenvalue weighted by Crippen LogP contribution is 2.24. The Labute approximate surface area is 133 Å². The molecule has 4 nitrogen and oxygen atoms in total. The predicted octanol–water partition coefficient (Wildman–Crippen LogP) is 3.00. The molecule has 2 atom stereocenters. The van der Waals surface area contributed by atoms with Gasteiger partial charge in [-0.05, 0) is 50.8 Å². The summed E-state index contributed by atoms with van der Waals surface area (Å²) in [5.74, 6) is 0.201. The maximum absolute atomic E-state index is 12.6. The van der Waals surface area contributed by atoms with E-state index in [0.717, 1.165) is 24.1 Å². The molecule has 1 heterocycles. The minimum Gasteiger partial charge on any atom is -0.337 e. The van der Waals surface area contributed by atoms with Crippen LogP contribution in [0.1, 0.15) is 45.6 Å². The molecular weight excluding hydrogens is 276 g/mol. The van der Waals surface area contributed by atoms with E-state index in [0.29, 0.717) is 18.5 Å². The lowest BCUT2D eigenvalue weighted by molar-refractivity contribution is -0.136. The van der Waals surface area contributed by atoms with Crippen molar-refractivity contribution < 1.29 is 9.59 Å². The predicted molar refractivity (Wildman–Crippen MR) is 88.9 cm³/mol. The molecule has 2 amide bonds. The Bertz CT molecular complexity index is 529. The summed E-state index contributed by atoms with van der Waals surface area (Å²) in [6, 6.07) is 8.33. The summed E-state index contributed by atoms with van der Waals surface area (Å²) in [6.45, 7) is 5.81. The van der Waals surface area contributed by atoms with Gasteiger partial charge in [-0.25, -0.2) is 0 Å². The first-order chi connectivity index (χ1) is 10.4. The first-order valence-electron chi connectivity index (χ1n) is 8.04. The number of hydrogen-bond donors (Lipinski definition) is 0. The van der Waals surface area contributed by atoms with Gasteiger partial charge in [-0.1, -0.05) is 12.1 Å². The molecule has 2 unspecified atom stereocenters. The van der Waals surface area contributed by atoms with Crippen LogP contribution in [0.4, 0.5) is 5.69 Å². The fourth-order valence-corrected chi connectivity index (χ4v) is 3.20. The van der Waals surface area contributed by atoms with Crippen LogP contribution in [0.15, 0.2) is 24.3 Å². The number of anilines is 1. The van der Waals surface area contributed by atoms with Gasteiger partial charge in [-0.3, -0.25) is 9.59 Å². The quantitative estimate of drug-likeness (QED) is 0.861. The molecule has 0 bridgehead atoms. The van der Waals surface area contributed by atoms with Gasteiger partial charge in [0.2, 0.25) is 11.8 Å². The molecule has 0 saturated carbocycles. The van der Waals surface area contributed by atoms with E-state index >= 15 is 0 Å². The Kier molecular flexibility index (Phi) is 5.22. The number of piperidine rings is 1. The van der Waals surface area contributed by atoms with Crippen LogP contribution in [0.2, 0.25) is 0 Å². The smallest absolute Gasteiger partial charge is 0.227 e. The van der Waals surface area contributed by atoms with Crippen molar-refractivity contribution in [2.45, 2.75) is 58.5 Å². The summed E-state index contributed by atoms with van der Waals surface area (Å²) < 4.78 is 0. The number of amides is 2. The molecule has 0 radical (unpaired) electrons. The van der Waals surface area contributed by atoms with Crippen molar-refractivity contribution in [2.24, 2.45) is 0 Å². The van der Waals surface area contributed by atoms with E-state index < -0.39 is 0 Å². The van der Waals surface area contributed by atoms with Crippen molar-refractivity contribution in [3.63, 3.8) is 0 Å². The van der Waals surface area contributed by atoms with Crippen LogP contribution in [0.25, 0.3) is 0 Å². The standard InChI is InChI=1S/C18H26N2O2/c1-13-6-5-7-14(2)20(13)18(22)12-16-8-10-17(11-9-16)19(4)15(3)21/h8-11,13-14H,5-7,12H2,1-4H3. The van der Waals surface area contributed by atoms with Crippen molar-refractivity contribution >= 4 is 17.5 Å². The molecule has 1 aliphatic rings. The topological polar surface area (TPSA) is 40.6 Å². The zero-order chi connectivity index (χ0) is 16.3. The fraction of sp³-hybridized carbons (Fsp3) is 0.556. The Balaban J connectivity index is 2.04. The summed E-state index contributed by atoms with van der Waals surface area (Å²) in [5.41, 5.74) is 1.85. The van der Waals surface area contributed by atoms with Crippen LogP contribution in [0, 0.1) is 0 Å². The molecule has 0 aliphatic carbocycles. The SMILES string of the molecule is CC(=O)N(C)c1ccc(CC(=O)N2C(C)CCCC2C)cc1. The molecule has 1 aliphatic heterocycles. The number of likely N-dealkylation sites (tertiary alicyclic amines) is 1. The van der Waals surface area contributed by atoms with Crippen molar-refractivity contribution in [3.05, 3.63) is 29.8 Å². The fourth-order valence-electron chi connectivity index (χ4n) is 3.20. The normalized spacial score (nSPS) is 21.5. The van der Waals surface area contributed by atoms with Crippen molar-refractivity contribution in [1.29, 1.82) is 0 Å². The second-order valence-electron chi connectivity index (χ2n) is 6.35.